The fourth-order valence-corrected chi connectivity index (χ4v) is 1.60. The Morgan fingerprint density at radius 3 is 2.94 bits per heavy atom. The molecule has 16 heavy (non-hydrogen) atoms. The van der Waals surface area contributed by atoms with Gasteiger partial charge >= 0.3 is 0 Å². The summed E-state index contributed by atoms with van der Waals surface area (Å²) in [5.74, 6) is -1.16. The summed E-state index contributed by atoms with van der Waals surface area (Å²) >= 11 is 0. The number of rotatable bonds is 2. The van der Waals surface area contributed by atoms with Crippen molar-refractivity contribution in [1.29, 1.82) is 0 Å². The lowest BCUT2D eigenvalue weighted by Gasteiger charge is -2.08. The highest BCUT2D eigenvalue weighted by molar-refractivity contribution is 5.97. The van der Waals surface area contributed by atoms with Crippen LogP contribution in [0.2, 0.25) is 0 Å². The first-order valence-electron chi connectivity index (χ1n) is 4.98. The molecular weight excluding hydrogens is 211 g/mol. The number of benzene rings is 1. The number of carbonyl (C=O) groups is 2. The van der Waals surface area contributed by atoms with Crippen LogP contribution in [-0.2, 0) is 9.59 Å². The Morgan fingerprint density at radius 1 is 1.50 bits per heavy atom. The van der Waals surface area contributed by atoms with E-state index in [1.165, 1.54) is 18.2 Å². The molecule has 1 aliphatic heterocycles. The summed E-state index contributed by atoms with van der Waals surface area (Å²) in [6.07, 6.45) is 0.196. The van der Waals surface area contributed by atoms with Crippen LogP contribution in [-0.4, -0.2) is 18.4 Å². The zero-order valence-electron chi connectivity index (χ0n) is 8.50. The summed E-state index contributed by atoms with van der Waals surface area (Å²) in [6, 6.07) is 5.66. The van der Waals surface area contributed by atoms with Gasteiger partial charge in [-0.05, 0) is 18.2 Å². The molecule has 4 nitrogen and oxygen atoms in total. The normalized spacial score (nSPS) is 19.3. The van der Waals surface area contributed by atoms with Crippen LogP contribution in [0.1, 0.15) is 6.42 Å². The van der Waals surface area contributed by atoms with Crippen molar-refractivity contribution >= 4 is 17.5 Å². The van der Waals surface area contributed by atoms with E-state index >= 15 is 0 Å². The van der Waals surface area contributed by atoms with Crippen LogP contribution >= 0.6 is 0 Å². The van der Waals surface area contributed by atoms with Gasteiger partial charge in [-0.1, -0.05) is 6.07 Å². The summed E-state index contributed by atoms with van der Waals surface area (Å²) in [4.78, 5) is 22.6. The number of halogens is 1. The lowest BCUT2D eigenvalue weighted by atomic mass is 10.1. The van der Waals surface area contributed by atoms with Gasteiger partial charge in [-0.15, -0.1) is 0 Å². The number of hydrogen-bond acceptors (Lipinski definition) is 2. The van der Waals surface area contributed by atoms with Gasteiger partial charge in [-0.3, -0.25) is 9.59 Å². The molecular formula is C11H11FN2O2. The van der Waals surface area contributed by atoms with Crippen molar-refractivity contribution in [2.45, 2.75) is 6.42 Å². The van der Waals surface area contributed by atoms with Gasteiger partial charge < -0.3 is 10.6 Å². The third-order valence-electron chi connectivity index (χ3n) is 2.44. The third-order valence-corrected chi connectivity index (χ3v) is 2.44. The third kappa shape index (κ3) is 2.36. The molecule has 1 unspecified atom stereocenters. The molecule has 1 aromatic rings. The predicted octanol–water partition coefficient (Wildman–Crippen LogP) is 0.900. The monoisotopic (exact) mass is 222 g/mol. The fraction of sp³-hybridized carbons (Fsp3) is 0.273. The minimum atomic E-state index is -0.404. The number of nitrogens with one attached hydrogen (secondary N) is 2. The average Bonchev–Trinajstić information content (AvgIpc) is 2.65. The first kappa shape index (κ1) is 10.6. The zero-order valence-corrected chi connectivity index (χ0v) is 8.50. The Hall–Kier alpha value is -1.91. The Balaban J connectivity index is 1.99. The highest BCUT2D eigenvalue weighted by atomic mass is 19.1. The smallest absolute Gasteiger partial charge is 0.229 e. The van der Waals surface area contributed by atoms with Gasteiger partial charge in [0, 0.05) is 18.7 Å². The lowest BCUT2D eigenvalue weighted by Crippen LogP contribution is -2.24. The van der Waals surface area contributed by atoms with Crippen LogP contribution in [0, 0.1) is 11.7 Å². The van der Waals surface area contributed by atoms with Gasteiger partial charge in [0.1, 0.15) is 5.82 Å². The molecule has 1 saturated heterocycles. The molecule has 1 atom stereocenters. The Kier molecular flexibility index (Phi) is 2.85. The molecule has 1 fully saturated rings. The summed E-state index contributed by atoms with van der Waals surface area (Å²) in [5.41, 5.74) is 0.407. The van der Waals surface area contributed by atoms with Crippen molar-refractivity contribution in [2.24, 2.45) is 5.92 Å². The van der Waals surface area contributed by atoms with Crippen LogP contribution in [0.15, 0.2) is 24.3 Å². The van der Waals surface area contributed by atoms with Crippen LogP contribution < -0.4 is 10.6 Å². The Labute approximate surface area is 91.8 Å². The van der Waals surface area contributed by atoms with Crippen molar-refractivity contribution in [3.05, 3.63) is 30.1 Å². The second-order valence-electron chi connectivity index (χ2n) is 3.70. The van der Waals surface area contributed by atoms with Gasteiger partial charge in [0.05, 0.1) is 5.92 Å². The van der Waals surface area contributed by atoms with Crippen LogP contribution in [0.4, 0.5) is 10.1 Å². The highest BCUT2D eigenvalue weighted by Crippen LogP contribution is 2.14. The topological polar surface area (TPSA) is 58.2 Å². The molecule has 84 valence electrons. The van der Waals surface area contributed by atoms with Gasteiger partial charge in [0.2, 0.25) is 11.8 Å². The summed E-state index contributed by atoms with van der Waals surface area (Å²) in [6.45, 7) is 0.347. The van der Waals surface area contributed by atoms with Crippen LogP contribution in [0.25, 0.3) is 0 Å². The standard InChI is InChI=1S/C11H11FN2O2/c12-8-2-1-3-9(5-8)14-11(16)7-4-10(15)13-6-7/h1-3,5,7H,4,6H2,(H,13,15)(H,14,16). The first-order valence-corrected chi connectivity index (χ1v) is 4.98. The van der Waals surface area contributed by atoms with E-state index in [2.05, 4.69) is 10.6 Å². The van der Waals surface area contributed by atoms with Crippen molar-refractivity contribution in [3.8, 4) is 0 Å². The van der Waals surface area contributed by atoms with Crippen molar-refractivity contribution in [2.75, 3.05) is 11.9 Å². The minimum absolute atomic E-state index is 0.126. The van der Waals surface area contributed by atoms with Gasteiger partial charge in [0.25, 0.3) is 0 Å². The molecule has 0 radical (unpaired) electrons. The average molecular weight is 222 g/mol. The van der Waals surface area contributed by atoms with Gasteiger partial charge in [-0.2, -0.15) is 0 Å². The molecule has 2 amide bonds. The molecule has 0 saturated carbocycles. The van der Waals surface area contributed by atoms with E-state index in [0.29, 0.717) is 12.2 Å². The number of hydrogen-bond donors (Lipinski definition) is 2. The van der Waals surface area contributed by atoms with Crippen molar-refractivity contribution in [1.82, 2.24) is 5.32 Å². The maximum absolute atomic E-state index is 12.8. The Morgan fingerprint density at radius 2 is 2.31 bits per heavy atom. The van der Waals surface area contributed by atoms with Crippen molar-refractivity contribution in [3.63, 3.8) is 0 Å². The van der Waals surface area contributed by atoms with E-state index in [4.69, 9.17) is 0 Å². The molecule has 1 heterocycles. The fourth-order valence-electron chi connectivity index (χ4n) is 1.60. The van der Waals surface area contributed by atoms with E-state index in [1.807, 2.05) is 0 Å². The second kappa shape index (κ2) is 4.30. The van der Waals surface area contributed by atoms with E-state index in [1.54, 1.807) is 6.07 Å². The molecule has 2 rings (SSSR count). The predicted molar refractivity (Wildman–Crippen MR) is 56.1 cm³/mol. The van der Waals surface area contributed by atoms with Gasteiger partial charge in [-0.25, -0.2) is 4.39 Å². The maximum atomic E-state index is 12.8. The Bertz CT molecular complexity index is 434. The first-order chi connectivity index (χ1) is 7.65. The summed E-state index contributed by atoms with van der Waals surface area (Å²) in [5, 5.41) is 5.15. The van der Waals surface area contributed by atoms with E-state index in [9.17, 15) is 14.0 Å². The minimum Gasteiger partial charge on any atom is -0.355 e. The SMILES string of the molecule is O=C1CC(C(=O)Nc2cccc(F)c2)CN1. The molecule has 0 aromatic heterocycles. The van der Waals surface area contributed by atoms with Crippen LogP contribution in [0.3, 0.4) is 0 Å². The summed E-state index contributed by atoms with van der Waals surface area (Å²) in [7, 11) is 0. The molecule has 1 aromatic carbocycles. The lowest BCUT2D eigenvalue weighted by molar-refractivity contribution is -0.123. The number of amides is 2. The molecule has 1 aliphatic rings. The quantitative estimate of drug-likeness (QED) is 0.781. The molecule has 0 spiro atoms. The zero-order chi connectivity index (χ0) is 11.5. The summed E-state index contributed by atoms with van der Waals surface area (Å²) < 4.78 is 12.8. The van der Waals surface area contributed by atoms with E-state index < -0.39 is 5.82 Å². The molecule has 0 aliphatic carbocycles. The van der Waals surface area contributed by atoms with E-state index in [-0.39, 0.29) is 24.2 Å². The number of anilines is 1. The van der Waals surface area contributed by atoms with Crippen molar-refractivity contribution < 1.29 is 14.0 Å². The molecule has 5 heteroatoms. The number of carbonyl (C=O) groups excluding carboxylic acids is 2. The molecule has 2 N–H and O–H groups in total. The van der Waals surface area contributed by atoms with Gasteiger partial charge in [0.15, 0.2) is 0 Å². The van der Waals surface area contributed by atoms with E-state index in [0.717, 1.165) is 0 Å². The highest BCUT2D eigenvalue weighted by Gasteiger charge is 2.27. The largest absolute Gasteiger partial charge is 0.355 e. The molecule has 0 bridgehead atoms. The second-order valence-corrected chi connectivity index (χ2v) is 3.70. The van der Waals surface area contributed by atoms with Crippen LogP contribution in [0.5, 0.6) is 0 Å². The maximum Gasteiger partial charge on any atom is 0.229 e.